The maximum Gasteiger partial charge on any atom is 0.246 e. The van der Waals surface area contributed by atoms with Gasteiger partial charge >= 0.3 is 0 Å². The molecule has 0 aromatic heterocycles. The summed E-state index contributed by atoms with van der Waals surface area (Å²) in [7, 11) is 1.77. The number of aliphatic hydroxyl groups is 2. The summed E-state index contributed by atoms with van der Waals surface area (Å²) in [6, 6.07) is -15.1. The molecule has 3 saturated heterocycles. The average molecular weight is 1130 g/mol. The lowest BCUT2D eigenvalue weighted by Gasteiger charge is -2.33. The minimum Gasteiger partial charge on any atom is -0.550 e. The van der Waals surface area contributed by atoms with Gasteiger partial charge in [-0.15, -0.1) is 0 Å². The molecule has 3 aliphatic heterocycles. The highest BCUT2D eigenvalue weighted by Gasteiger charge is 2.43. The number of aliphatic hydroxyl groups excluding tert-OH is 2. The molecule has 0 aromatic carbocycles. The Bertz CT molecular complexity index is 2160. The van der Waals surface area contributed by atoms with Crippen molar-refractivity contribution in [1.82, 2.24) is 52.3 Å². The molecule has 0 spiro atoms. The van der Waals surface area contributed by atoms with Crippen LogP contribution in [-0.4, -0.2) is 207 Å². The van der Waals surface area contributed by atoms with Gasteiger partial charge in [0.05, 0.1) is 12.7 Å². The Kier molecular flexibility index (Phi) is 26.5. The molecule has 426 valence electrons. The Morgan fingerprint density at radius 3 is 1.87 bits per heavy atom. The first-order valence-corrected chi connectivity index (χ1v) is 28.5. The van der Waals surface area contributed by atoms with Crippen molar-refractivity contribution in [3.8, 4) is 0 Å². The smallest absolute Gasteiger partial charge is 0.246 e. The molecule has 31 heteroatoms. The van der Waals surface area contributed by atoms with E-state index < -0.39 is 175 Å². The van der Waals surface area contributed by atoms with E-state index in [0.717, 1.165) is 33.4 Å². The van der Waals surface area contributed by atoms with Crippen LogP contribution in [0.15, 0.2) is 0 Å². The summed E-state index contributed by atoms with van der Waals surface area (Å²) in [6.45, 7) is 4.67. The second-order valence-corrected chi connectivity index (χ2v) is 22.1. The summed E-state index contributed by atoms with van der Waals surface area (Å²) >= 11 is 1.29. The maximum absolute atomic E-state index is 14.6. The minimum atomic E-state index is -1.86. The van der Waals surface area contributed by atoms with Gasteiger partial charge in [-0.25, -0.2) is 0 Å². The topological polar surface area (TPSA) is 440 Å². The van der Waals surface area contributed by atoms with Gasteiger partial charge in [-0.2, -0.15) is 11.8 Å². The third kappa shape index (κ3) is 19.3. The van der Waals surface area contributed by atoms with Crippen LogP contribution in [0.5, 0.6) is 0 Å². The highest BCUT2D eigenvalue weighted by Crippen LogP contribution is 2.27. The number of carboxylic acid groups (broad SMARTS) is 1. The van der Waals surface area contributed by atoms with E-state index in [0.29, 0.717) is 12.8 Å². The van der Waals surface area contributed by atoms with Crippen molar-refractivity contribution in [3.05, 3.63) is 0 Å². The normalized spacial score (nSPS) is 26.4. The van der Waals surface area contributed by atoms with Crippen LogP contribution >= 0.6 is 33.3 Å². The Hall–Kier alpha value is -5.92. The van der Waals surface area contributed by atoms with E-state index >= 15 is 0 Å². The predicted octanol–water partition coefficient (Wildman–Crippen LogP) is -6.68. The van der Waals surface area contributed by atoms with Gasteiger partial charge in [-0.3, -0.25) is 57.5 Å². The SMILES string of the molecule is CC[C@H](C)[C@@H]1NC(=O)[C@H](CC(=O)[O-])NC(=O)[C@H](CCSC)NC(=O)[C@@H]2CCCN2C(=O)[C@@H](NC(=O)[C@H](CCC(N)=O)NC(=O)[C@H](CO)NC(C)=O)CSSC[C@@H](C(N)=O)NC(=O)[C@H]([C@@H](C)O)NC(=O)[C@@H]2CCCN2C1=O. The van der Waals surface area contributed by atoms with Crippen LogP contribution in [0.3, 0.4) is 0 Å². The van der Waals surface area contributed by atoms with Gasteiger partial charge in [0.1, 0.15) is 60.4 Å². The summed E-state index contributed by atoms with van der Waals surface area (Å²) in [5.41, 5.74) is 11.0. The Labute approximate surface area is 451 Å². The van der Waals surface area contributed by atoms with E-state index in [4.69, 9.17) is 11.5 Å². The number of carboxylic acids is 1. The lowest BCUT2D eigenvalue weighted by molar-refractivity contribution is -0.306. The van der Waals surface area contributed by atoms with Crippen LogP contribution in [0.4, 0.5) is 0 Å². The van der Waals surface area contributed by atoms with Crippen LogP contribution < -0.4 is 59.1 Å². The van der Waals surface area contributed by atoms with Gasteiger partial charge in [-0.1, -0.05) is 41.9 Å². The number of aliphatic carboxylic acids is 1. The first-order chi connectivity index (χ1) is 35.8. The minimum absolute atomic E-state index is 0.0198. The molecule has 12 atom stereocenters. The van der Waals surface area contributed by atoms with E-state index in [-0.39, 0.29) is 56.0 Å². The monoisotopic (exact) mass is 1130 g/mol. The number of nitrogens with one attached hydrogen (secondary N) is 8. The van der Waals surface area contributed by atoms with Crippen LogP contribution in [-0.2, 0) is 62.3 Å². The number of thioether (sulfide) groups is 1. The third-order valence-electron chi connectivity index (χ3n) is 12.8. The maximum atomic E-state index is 14.6. The van der Waals surface area contributed by atoms with Gasteiger partial charge < -0.3 is 83.9 Å². The lowest BCUT2D eigenvalue weighted by atomic mass is 9.96. The molecule has 14 N–H and O–H groups in total. The molecule has 0 bridgehead atoms. The molecule has 0 aromatic rings. The molecular weight excluding hydrogens is 1060 g/mol. The summed E-state index contributed by atoms with van der Waals surface area (Å²) < 4.78 is 0. The van der Waals surface area contributed by atoms with E-state index in [2.05, 4.69) is 42.5 Å². The quantitative estimate of drug-likeness (QED) is 0.0568. The molecule has 3 fully saturated rings. The molecule has 0 saturated carbocycles. The number of nitrogens with zero attached hydrogens (tertiary/aromatic N) is 2. The van der Waals surface area contributed by atoms with Crippen molar-refractivity contribution in [2.24, 2.45) is 17.4 Å². The number of hydrogen-bond acceptors (Lipinski definition) is 19. The van der Waals surface area contributed by atoms with Gasteiger partial charge in [0.25, 0.3) is 0 Å². The summed E-state index contributed by atoms with van der Waals surface area (Å²) in [5, 5.41) is 52.0. The molecule has 12 amide bonds. The highest BCUT2D eigenvalue weighted by atomic mass is 33.1. The first kappa shape index (κ1) is 64.4. The van der Waals surface area contributed by atoms with E-state index in [9.17, 15) is 77.6 Å². The van der Waals surface area contributed by atoms with Crippen molar-refractivity contribution >= 4 is 110 Å². The average Bonchev–Trinajstić information content (AvgIpc) is 4.07. The van der Waals surface area contributed by atoms with Crippen molar-refractivity contribution in [1.29, 1.82) is 0 Å². The standard InChI is InChI=1S/C45H72N12O16S3/c1-6-21(2)34-45(73)57-15-8-10-31(57)42(70)55-35(22(3)59)43(71)52-28(36(47)64)19-75-76-20-29(53-37(65)24(11-12-32(46)61)49-40(68)27(18-58)48-23(4)60)44(72)56-14-7-9-30(56)41(69)50-25(13-16-74-5)38(66)51-26(17-33(62)63)39(67)54-34/h21-22,24-31,34-35,58-59H,6-20H2,1-5H3,(H2,46,61)(H2,47,64)(H,48,60)(H,49,68)(H,50,69)(H,51,66)(H,52,71)(H,53,65)(H,54,67)(H,55,70)(H,62,63)/p-1/t21-,22+,24-,25-,26-,27-,28-,29-,30-,31-,34-,35-/m0/s1. The fourth-order valence-electron chi connectivity index (χ4n) is 8.40. The molecule has 3 heterocycles. The van der Waals surface area contributed by atoms with Gasteiger partial charge in [0.2, 0.25) is 70.9 Å². The molecule has 0 aliphatic carbocycles. The van der Waals surface area contributed by atoms with Crippen LogP contribution in [0, 0.1) is 5.92 Å². The summed E-state index contributed by atoms with van der Waals surface area (Å²) in [5.74, 6) is -14.0. The van der Waals surface area contributed by atoms with E-state index in [1.165, 1.54) is 23.6 Å². The number of hydrogen-bond donors (Lipinski definition) is 12. The largest absolute Gasteiger partial charge is 0.550 e. The zero-order valence-corrected chi connectivity index (χ0v) is 45.4. The number of amides is 12. The van der Waals surface area contributed by atoms with Crippen molar-refractivity contribution in [2.45, 2.75) is 152 Å². The molecular formula is C45H71N12O16S3-. The number of primary amides is 2. The van der Waals surface area contributed by atoms with E-state index in [1.54, 1.807) is 20.1 Å². The van der Waals surface area contributed by atoms with Crippen LogP contribution in [0.25, 0.3) is 0 Å². The fourth-order valence-corrected chi connectivity index (χ4v) is 11.2. The molecule has 3 rings (SSSR count). The molecule has 0 radical (unpaired) electrons. The highest BCUT2D eigenvalue weighted by molar-refractivity contribution is 8.76. The van der Waals surface area contributed by atoms with Gasteiger partial charge in [0, 0.05) is 50.3 Å². The predicted molar refractivity (Wildman–Crippen MR) is 274 cm³/mol. The third-order valence-corrected chi connectivity index (χ3v) is 15.8. The number of rotatable bonds is 18. The van der Waals surface area contributed by atoms with Crippen molar-refractivity contribution in [3.63, 3.8) is 0 Å². The van der Waals surface area contributed by atoms with Crippen LogP contribution in [0.1, 0.15) is 85.5 Å². The van der Waals surface area contributed by atoms with E-state index in [1.807, 2.05) is 0 Å². The number of carbonyl (C=O) groups is 13. The second kappa shape index (κ2) is 31.3. The molecule has 3 aliphatic rings. The molecule has 28 nitrogen and oxygen atoms in total. The number of carbonyl (C=O) groups excluding carboxylic acids is 13. The van der Waals surface area contributed by atoms with Crippen molar-refractivity contribution < 1.29 is 77.6 Å². The zero-order chi connectivity index (χ0) is 57.0. The summed E-state index contributed by atoms with van der Waals surface area (Å²) in [6.07, 6.45) is -0.904. The lowest BCUT2D eigenvalue weighted by Crippen LogP contribution is -2.62. The Balaban J connectivity index is 2.14. The molecule has 0 unspecified atom stereocenters. The second-order valence-electron chi connectivity index (χ2n) is 18.6. The Morgan fingerprint density at radius 1 is 0.763 bits per heavy atom. The number of nitrogens with two attached hydrogens (primary N) is 2. The Morgan fingerprint density at radius 2 is 1.33 bits per heavy atom. The van der Waals surface area contributed by atoms with Gasteiger partial charge in [0.15, 0.2) is 0 Å². The fraction of sp³-hybridized carbons (Fsp3) is 0.711. The van der Waals surface area contributed by atoms with Crippen molar-refractivity contribution in [2.75, 3.05) is 43.2 Å². The van der Waals surface area contributed by atoms with Crippen LogP contribution in [0.2, 0.25) is 0 Å². The zero-order valence-electron chi connectivity index (χ0n) is 42.9. The van der Waals surface area contributed by atoms with Gasteiger partial charge in [-0.05, 0) is 63.4 Å². The summed E-state index contributed by atoms with van der Waals surface area (Å²) in [4.78, 5) is 177. The molecule has 76 heavy (non-hydrogen) atoms. The first-order valence-electron chi connectivity index (χ1n) is 24.7. The number of fused-ring (bicyclic) bond motifs is 2.